The highest BCUT2D eigenvalue weighted by molar-refractivity contribution is 6.99. The molecule has 0 atom stereocenters. The number of para-hydroxylation sites is 4. The molecule has 0 spiro atoms. The minimum Gasteiger partial charge on any atom is -0.458 e. The van der Waals surface area contributed by atoms with Gasteiger partial charge in [0.15, 0.2) is 11.5 Å². The molecule has 10 heteroatoms. The fraction of sp³-hybridized carbons (Fsp3) is 0.0667. The zero-order valence-electron chi connectivity index (χ0n) is 30.0. The molecule has 0 aromatic heterocycles. The van der Waals surface area contributed by atoms with E-state index in [0.29, 0.717) is 34.5 Å². The van der Waals surface area contributed by atoms with Crippen molar-refractivity contribution in [1.82, 2.24) is 0 Å². The van der Waals surface area contributed by atoms with Gasteiger partial charge in [0.05, 0.1) is 51.2 Å². The van der Waals surface area contributed by atoms with Crippen molar-refractivity contribution < 1.29 is 23.7 Å². The quantitative estimate of drug-likeness (QED) is 0.166. The standard InChI is InChI=1S/C45H29BN4O5/c1-47-26-10-6-12-28-43(26)50-44-27(47)11-7-13-29(44)49(3)31-21-24(20-30(45(31)50)48(28)2)51-32-14-4-5-15-33(32)52-25-22-38-42-39(23-25)55-37-19-9-17-35-41(37)46(42)40-34(53-35)16-8-18-36(40)54-38/h4-23H,1-3H3. The first-order valence-electron chi connectivity index (χ1n) is 18.4. The normalized spacial score (nSPS) is 14.7. The summed E-state index contributed by atoms with van der Waals surface area (Å²) in [6.45, 7) is -0.0624. The predicted molar refractivity (Wildman–Crippen MR) is 216 cm³/mol. The van der Waals surface area contributed by atoms with Crippen LogP contribution < -0.4 is 59.7 Å². The van der Waals surface area contributed by atoms with Gasteiger partial charge in [0.25, 0.3) is 6.71 Å². The van der Waals surface area contributed by atoms with Gasteiger partial charge in [-0.25, -0.2) is 0 Å². The number of nitrogens with zero attached hydrogens (tertiary/aromatic N) is 4. The summed E-state index contributed by atoms with van der Waals surface area (Å²) in [6, 6.07) is 40.8. The van der Waals surface area contributed by atoms with Gasteiger partial charge in [0, 0.05) is 61.8 Å². The lowest BCUT2D eigenvalue weighted by Gasteiger charge is -2.50. The molecule has 262 valence electrons. The Bertz CT molecular complexity index is 2750. The summed E-state index contributed by atoms with van der Waals surface area (Å²) >= 11 is 0. The van der Waals surface area contributed by atoms with E-state index in [1.165, 1.54) is 22.7 Å². The molecule has 0 fully saturated rings. The Kier molecular flexibility index (Phi) is 5.36. The van der Waals surface area contributed by atoms with E-state index in [1.54, 1.807) is 0 Å². The summed E-state index contributed by atoms with van der Waals surface area (Å²) in [5, 5.41) is 0. The first-order valence-corrected chi connectivity index (χ1v) is 18.4. The van der Waals surface area contributed by atoms with E-state index >= 15 is 0 Å². The van der Waals surface area contributed by atoms with Crippen molar-refractivity contribution in [2.24, 2.45) is 0 Å². The van der Waals surface area contributed by atoms with E-state index in [-0.39, 0.29) is 6.71 Å². The Balaban J connectivity index is 0.899. The largest absolute Gasteiger partial charge is 0.458 e. The summed E-state index contributed by atoms with van der Waals surface area (Å²) in [7, 11) is 6.41. The van der Waals surface area contributed by atoms with Gasteiger partial charge in [0.1, 0.15) is 46.0 Å². The second kappa shape index (κ2) is 10.1. The number of benzene rings is 7. The molecule has 0 amide bonds. The lowest BCUT2D eigenvalue weighted by molar-refractivity contribution is 0.409. The first kappa shape index (κ1) is 29.3. The van der Waals surface area contributed by atoms with Crippen LogP contribution in [0.4, 0.5) is 51.2 Å². The van der Waals surface area contributed by atoms with Gasteiger partial charge in [-0.15, -0.1) is 0 Å². The molecule has 0 saturated carbocycles. The van der Waals surface area contributed by atoms with E-state index < -0.39 is 0 Å². The highest BCUT2D eigenvalue weighted by Gasteiger charge is 2.47. The number of hydrogen-bond acceptors (Lipinski definition) is 9. The summed E-state index contributed by atoms with van der Waals surface area (Å²) < 4.78 is 32.9. The van der Waals surface area contributed by atoms with Crippen LogP contribution in [0.3, 0.4) is 0 Å². The van der Waals surface area contributed by atoms with Crippen molar-refractivity contribution in [3.05, 3.63) is 121 Å². The van der Waals surface area contributed by atoms with Gasteiger partial charge < -0.3 is 38.4 Å². The van der Waals surface area contributed by atoms with Gasteiger partial charge in [-0.3, -0.25) is 4.90 Å². The molecule has 0 unspecified atom stereocenters. The maximum absolute atomic E-state index is 6.80. The molecule has 6 heterocycles. The number of anilines is 9. The van der Waals surface area contributed by atoms with Crippen LogP contribution in [-0.4, -0.2) is 27.9 Å². The van der Waals surface area contributed by atoms with Crippen molar-refractivity contribution >= 4 is 74.3 Å². The van der Waals surface area contributed by atoms with E-state index in [0.717, 1.165) is 67.8 Å². The van der Waals surface area contributed by atoms with E-state index in [9.17, 15) is 0 Å². The smallest absolute Gasteiger partial charge is 0.270 e. The highest BCUT2D eigenvalue weighted by atomic mass is 16.5. The minimum absolute atomic E-state index is 0.0624. The molecule has 55 heavy (non-hydrogen) atoms. The molecule has 0 aliphatic carbocycles. The van der Waals surface area contributed by atoms with Crippen molar-refractivity contribution in [2.45, 2.75) is 0 Å². The molecule has 6 aliphatic rings. The summed E-state index contributed by atoms with van der Waals surface area (Å²) in [5.74, 6) is 6.95. The van der Waals surface area contributed by atoms with Crippen molar-refractivity contribution in [3.8, 4) is 57.5 Å². The zero-order valence-corrected chi connectivity index (χ0v) is 30.0. The average Bonchev–Trinajstić information content (AvgIpc) is 3.20. The Hall–Kier alpha value is -7.20. The molecular weight excluding hydrogens is 687 g/mol. The van der Waals surface area contributed by atoms with Crippen LogP contribution in [-0.2, 0) is 0 Å². The van der Waals surface area contributed by atoms with Crippen LogP contribution >= 0.6 is 0 Å². The van der Waals surface area contributed by atoms with Crippen molar-refractivity contribution in [3.63, 3.8) is 0 Å². The average molecular weight is 717 g/mol. The van der Waals surface area contributed by atoms with Crippen molar-refractivity contribution in [2.75, 3.05) is 40.7 Å². The SMILES string of the molecule is CN1c2cccc3c2N2c4c1cccc4N(C)c1cc(Oc4ccccc4Oc4cc5c6c(c4)Oc4cccc7c4B6c4c(cccc4O5)O7)cc(c12)N3C. The van der Waals surface area contributed by atoms with Crippen LogP contribution in [0.5, 0.6) is 57.5 Å². The molecule has 0 radical (unpaired) electrons. The first-order chi connectivity index (χ1) is 27.0. The lowest BCUT2D eigenvalue weighted by atomic mass is 9.34. The fourth-order valence-corrected chi connectivity index (χ4v) is 9.41. The molecule has 0 N–H and O–H groups in total. The number of rotatable bonds is 4. The molecule has 7 aromatic rings. The summed E-state index contributed by atoms with van der Waals surface area (Å²) in [5.41, 5.74) is 13.2. The Morgan fingerprint density at radius 3 is 1.24 bits per heavy atom. The Labute approximate surface area is 316 Å². The maximum atomic E-state index is 6.80. The molecule has 13 rings (SSSR count). The van der Waals surface area contributed by atoms with Gasteiger partial charge >= 0.3 is 0 Å². The maximum Gasteiger partial charge on any atom is 0.270 e. The second-order valence-corrected chi connectivity index (χ2v) is 14.7. The molecule has 0 bridgehead atoms. The van der Waals surface area contributed by atoms with Crippen LogP contribution in [0, 0.1) is 0 Å². The third-order valence-electron chi connectivity index (χ3n) is 11.8. The molecule has 7 aromatic carbocycles. The van der Waals surface area contributed by atoms with E-state index in [2.05, 4.69) is 89.3 Å². The molecular formula is C45H29BN4O5. The van der Waals surface area contributed by atoms with Crippen LogP contribution in [0.2, 0.25) is 0 Å². The third kappa shape index (κ3) is 3.68. The Morgan fingerprint density at radius 1 is 0.400 bits per heavy atom. The molecule has 0 saturated heterocycles. The van der Waals surface area contributed by atoms with Crippen LogP contribution in [0.25, 0.3) is 0 Å². The van der Waals surface area contributed by atoms with Gasteiger partial charge in [-0.2, -0.15) is 0 Å². The van der Waals surface area contributed by atoms with Crippen LogP contribution in [0.1, 0.15) is 0 Å². The van der Waals surface area contributed by atoms with Crippen molar-refractivity contribution in [1.29, 1.82) is 0 Å². The van der Waals surface area contributed by atoms with Gasteiger partial charge in [-0.05, 0) is 60.7 Å². The third-order valence-corrected chi connectivity index (χ3v) is 11.8. The topological polar surface area (TPSA) is 59.1 Å². The lowest BCUT2D eigenvalue weighted by Crippen LogP contribution is -2.59. The number of hydrogen-bond donors (Lipinski definition) is 0. The summed E-state index contributed by atoms with van der Waals surface area (Å²) in [4.78, 5) is 9.27. The molecule has 6 aliphatic heterocycles. The van der Waals surface area contributed by atoms with Crippen LogP contribution in [0.15, 0.2) is 121 Å². The number of ether oxygens (including phenoxy) is 5. The van der Waals surface area contributed by atoms with Gasteiger partial charge in [-0.1, -0.05) is 36.4 Å². The minimum atomic E-state index is -0.0624. The second-order valence-electron chi connectivity index (χ2n) is 14.7. The Morgan fingerprint density at radius 2 is 0.764 bits per heavy atom. The van der Waals surface area contributed by atoms with E-state index in [4.69, 9.17) is 23.7 Å². The zero-order chi connectivity index (χ0) is 36.3. The highest BCUT2D eigenvalue weighted by Crippen LogP contribution is 2.67. The monoisotopic (exact) mass is 716 g/mol. The van der Waals surface area contributed by atoms with Gasteiger partial charge in [0.2, 0.25) is 0 Å². The fourth-order valence-electron chi connectivity index (χ4n) is 9.41. The summed E-state index contributed by atoms with van der Waals surface area (Å²) in [6.07, 6.45) is 0. The predicted octanol–water partition coefficient (Wildman–Crippen LogP) is 9.82. The molecule has 9 nitrogen and oxygen atoms in total. The van der Waals surface area contributed by atoms with E-state index in [1.807, 2.05) is 72.8 Å².